The van der Waals surface area contributed by atoms with Gasteiger partial charge in [0.1, 0.15) is 22.8 Å². The van der Waals surface area contributed by atoms with Crippen molar-refractivity contribution in [3.8, 4) is 28.4 Å². The Morgan fingerprint density at radius 1 is 1.09 bits per heavy atom. The lowest BCUT2D eigenvalue weighted by atomic mass is 9.98. The van der Waals surface area contributed by atoms with Crippen LogP contribution in [0.2, 0.25) is 5.02 Å². The van der Waals surface area contributed by atoms with Crippen molar-refractivity contribution in [3.63, 3.8) is 0 Å². The molecule has 0 amide bonds. The number of halogens is 1. The quantitative estimate of drug-likeness (QED) is 0.238. The molecule has 0 aliphatic heterocycles. The van der Waals surface area contributed by atoms with Gasteiger partial charge in [-0.2, -0.15) is 0 Å². The van der Waals surface area contributed by atoms with E-state index in [1.165, 1.54) is 13.2 Å². The van der Waals surface area contributed by atoms with Gasteiger partial charge in [0, 0.05) is 18.1 Å². The van der Waals surface area contributed by atoms with Crippen LogP contribution in [0, 0.1) is 10.8 Å². The molecule has 34 heavy (non-hydrogen) atoms. The summed E-state index contributed by atoms with van der Waals surface area (Å²) in [4.78, 5) is 15.4. The van der Waals surface area contributed by atoms with Gasteiger partial charge in [-0.25, -0.2) is 0 Å². The molecule has 178 valence electrons. The summed E-state index contributed by atoms with van der Waals surface area (Å²) in [5, 5.41) is 38.5. The van der Waals surface area contributed by atoms with E-state index in [1.807, 2.05) is 0 Å². The van der Waals surface area contributed by atoms with E-state index in [-0.39, 0.29) is 47.2 Å². The van der Waals surface area contributed by atoms with E-state index in [0.717, 1.165) is 0 Å². The first-order chi connectivity index (χ1) is 16.3. The van der Waals surface area contributed by atoms with Crippen molar-refractivity contribution >= 4 is 23.4 Å². The number of aromatic nitrogens is 1. The third-order valence-corrected chi connectivity index (χ3v) is 5.17. The number of rotatable bonds is 8. The normalized spacial score (nSPS) is 10.7. The van der Waals surface area contributed by atoms with Crippen molar-refractivity contribution in [3.05, 3.63) is 74.7 Å². The lowest BCUT2D eigenvalue weighted by Crippen LogP contribution is -2.24. The minimum absolute atomic E-state index is 0.0237. The summed E-state index contributed by atoms with van der Waals surface area (Å²) in [6, 6.07) is 11.3. The van der Waals surface area contributed by atoms with Crippen molar-refractivity contribution in [2.45, 2.75) is 20.0 Å². The fraction of sp³-hybridized carbons (Fsp3) is 0.208. The summed E-state index contributed by atoms with van der Waals surface area (Å²) in [6.45, 7) is 2.03. The zero-order valence-corrected chi connectivity index (χ0v) is 19.3. The van der Waals surface area contributed by atoms with E-state index in [9.17, 15) is 15.0 Å². The Labute approximate surface area is 200 Å². The van der Waals surface area contributed by atoms with Crippen molar-refractivity contribution < 1.29 is 24.4 Å². The Morgan fingerprint density at radius 3 is 2.44 bits per heavy atom. The summed E-state index contributed by atoms with van der Waals surface area (Å²) in [5.41, 5.74) is -0.283. The van der Waals surface area contributed by atoms with Gasteiger partial charge >= 0.3 is 0 Å². The monoisotopic (exact) mass is 485 g/mol. The molecule has 0 fully saturated rings. The van der Waals surface area contributed by atoms with E-state index in [4.69, 9.17) is 36.6 Å². The number of hydrogen-bond acceptors (Lipinski definition) is 8. The minimum Gasteiger partial charge on any atom is -0.507 e. The summed E-state index contributed by atoms with van der Waals surface area (Å²) < 4.78 is 16.0. The van der Waals surface area contributed by atoms with Gasteiger partial charge in [0.15, 0.2) is 5.90 Å². The van der Waals surface area contributed by atoms with E-state index in [2.05, 4.69) is 4.98 Å². The smallest absolute Gasteiger partial charge is 0.264 e. The maximum Gasteiger partial charge on any atom is 0.264 e. The van der Waals surface area contributed by atoms with Crippen molar-refractivity contribution in [2.24, 2.45) is 0 Å². The Balaban J connectivity index is 2.04. The fourth-order valence-electron chi connectivity index (χ4n) is 3.37. The summed E-state index contributed by atoms with van der Waals surface area (Å²) in [6.07, 6.45) is 0.0425. The topological polar surface area (TPSA) is 149 Å². The molecule has 3 aromatic rings. The van der Waals surface area contributed by atoms with E-state index < -0.39 is 22.8 Å². The highest BCUT2D eigenvalue weighted by atomic mass is 35.5. The van der Waals surface area contributed by atoms with Gasteiger partial charge in [-0.05, 0) is 36.8 Å². The largest absolute Gasteiger partial charge is 0.507 e. The summed E-state index contributed by atoms with van der Waals surface area (Å²) in [7, 11) is 1.40. The summed E-state index contributed by atoms with van der Waals surface area (Å²) in [5.74, 6) is -1.63. The number of benzene rings is 2. The molecule has 0 aliphatic carbocycles. The summed E-state index contributed by atoms with van der Waals surface area (Å²) >= 11 is 5.87. The zero-order valence-electron chi connectivity index (χ0n) is 18.6. The molecule has 0 atom stereocenters. The number of pyridine rings is 1. The maximum atomic E-state index is 12.8. The predicted molar refractivity (Wildman–Crippen MR) is 129 cm³/mol. The zero-order chi connectivity index (χ0) is 24.8. The molecule has 10 heteroatoms. The highest BCUT2D eigenvalue weighted by Crippen LogP contribution is 2.44. The first-order valence-corrected chi connectivity index (χ1v) is 10.6. The molecule has 0 unspecified atom stereocenters. The van der Waals surface area contributed by atoms with Gasteiger partial charge in [-0.3, -0.25) is 15.6 Å². The molecule has 0 spiro atoms. The molecular formula is C24H24ClN3O6. The number of ether oxygens (including phenoxy) is 3. The minimum atomic E-state index is -0.811. The number of nitrogens with one attached hydrogen (secondary N) is 3. The van der Waals surface area contributed by atoms with Crippen LogP contribution in [0.3, 0.4) is 0 Å². The predicted octanol–water partition coefficient (Wildman–Crippen LogP) is 4.21. The Hall–Kier alpha value is -3.82. The molecular weight excluding hydrogens is 462 g/mol. The van der Waals surface area contributed by atoms with Crippen molar-refractivity contribution in [2.75, 3.05) is 13.7 Å². The standard InChI is InChI=1S/C24H24ClN3O6/c1-3-33-12-15-19(20-16(29)5-4-6-17(20)32-2)22(30)21(24(31)28-15)23(27)34-18(26)11-13-7-9-14(25)10-8-13/h4-10,26-27,29H,3,11-12H2,1-2H3,(H2,28,30,31). The third kappa shape index (κ3) is 5.38. The van der Waals surface area contributed by atoms with Gasteiger partial charge in [0.2, 0.25) is 5.90 Å². The molecule has 0 saturated carbocycles. The van der Waals surface area contributed by atoms with E-state index >= 15 is 0 Å². The molecule has 2 aromatic carbocycles. The number of hydrogen-bond donors (Lipinski definition) is 5. The molecule has 0 radical (unpaired) electrons. The number of phenolic OH excluding ortho intramolecular Hbond substituents is 1. The molecule has 1 heterocycles. The van der Waals surface area contributed by atoms with Crippen molar-refractivity contribution in [1.82, 2.24) is 4.98 Å². The van der Waals surface area contributed by atoms with Gasteiger partial charge in [-0.15, -0.1) is 0 Å². The van der Waals surface area contributed by atoms with Gasteiger partial charge < -0.3 is 29.4 Å². The third-order valence-electron chi connectivity index (χ3n) is 4.92. The van der Waals surface area contributed by atoms with Crippen LogP contribution in [-0.2, 0) is 22.5 Å². The SMILES string of the molecule is CCOCc1[nH]c(=O)c(C(=N)OC(=N)Cc2ccc(Cl)cc2)c(O)c1-c1c(O)cccc1OC. The number of methoxy groups -OCH3 is 1. The Morgan fingerprint density at radius 2 is 1.79 bits per heavy atom. The van der Waals surface area contributed by atoms with Crippen LogP contribution < -0.4 is 10.3 Å². The highest BCUT2D eigenvalue weighted by Gasteiger charge is 2.27. The van der Waals surface area contributed by atoms with Crippen LogP contribution in [0.5, 0.6) is 17.2 Å². The molecule has 5 N–H and O–H groups in total. The molecule has 9 nitrogen and oxygen atoms in total. The van der Waals surface area contributed by atoms with Crippen LogP contribution in [0.25, 0.3) is 11.1 Å². The second-order valence-electron chi connectivity index (χ2n) is 7.18. The molecule has 1 aromatic heterocycles. The first-order valence-electron chi connectivity index (χ1n) is 10.3. The molecule has 0 bridgehead atoms. The van der Waals surface area contributed by atoms with Crippen LogP contribution in [0.15, 0.2) is 47.3 Å². The van der Waals surface area contributed by atoms with E-state index in [1.54, 1.807) is 43.3 Å². The second kappa shape index (κ2) is 10.9. The van der Waals surface area contributed by atoms with Crippen molar-refractivity contribution in [1.29, 1.82) is 10.8 Å². The highest BCUT2D eigenvalue weighted by molar-refractivity contribution is 6.30. The van der Waals surface area contributed by atoms with E-state index in [0.29, 0.717) is 17.2 Å². The number of H-pyrrole nitrogens is 1. The number of phenols is 1. The van der Waals surface area contributed by atoms with Gasteiger partial charge in [-0.1, -0.05) is 29.8 Å². The van der Waals surface area contributed by atoms with Crippen LogP contribution in [0.4, 0.5) is 0 Å². The molecule has 0 saturated heterocycles. The average molecular weight is 486 g/mol. The maximum absolute atomic E-state index is 12.8. The fourth-order valence-corrected chi connectivity index (χ4v) is 3.49. The lowest BCUT2D eigenvalue weighted by Gasteiger charge is -2.18. The first kappa shape index (κ1) is 24.8. The van der Waals surface area contributed by atoms with Gasteiger partial charge in [0.05, 0.1) is 30.5 Å². The van der Waals surface area contributed by atoms with Crippen LogP contribution in [-0.4, -0.2) is 40.7 Å². The average Bonchev–Trinajstić information content (AvgIpc) is 2.79. The van der Waals surface area contributed by atoms with Crippen LogP contribution >= 0.6 is 11.6 Å². The number of aromatic amines is 1. The second-order valence-corrected chi connectivity index (χ2v) is 7.62. The van der Waals surface area contributed by atoms with Crippen LogP contribution in [0.1, 0.15) is 23.7 Å². The molecule has 3 rings (SSSR count). The van der Waals surface area contributed by atoms with Gasteiger partial charge in [0.25, 0.3) is 5.56 Å². The Bertz CT molecular complexity index is 1270. The number of aromatic hydroxyl groups is 2. The molecule has 0 aliphatic rings. The lowest BCUT2D eigenvalue weighted by molar-refractivity contribution is 0.131. The Kier molecular flexibility index (Phi) is 7.93.